The number of aryl methyl sites for hydroxylation is 1. The average molecular weight is 262 g/mol. The predicted molar refractivity (Wildman–Crippen MR) is 71.4 cm³/mol. The lowest BCUT2D eigenvalue weighted by atomic mass is 10.1. The zero-order chi connectivity index (χ0) is 13.2. The molecule has 2 aromatic heterocycles. The van der Waals surface area contributed by atoms with E-state index in [4.69, 9.17) is 9.47 Å². The minimum Gasteiger partial charge on any atom is -0.467 e. The molecule has 19 heavy (non-hydrogen) atoms. The number of ether oxygens (including phenoxy) is 2. The van der Waals surface area contributed by atoms with Crippen LogP contribution in [0.3, 0.4) is 0 Å². The molecule has 0 bridgehead atoms. The quantitative estimate of drug-likeness (QED) is 0.854. The van der Waals surface area contributed by atoms with Gasteiger partial charge in [-0.05, 0) is 19.9 Å². The molecule has 0 aromatic carbocycles. The van der Waals surface area contributed by atoms with E-state index in [0.717, 1.165) is 41.9 Å². The highest BCUT2D eigenvalue weighted by atomic mass is 16.5. The largest absolute Gasteiger partial charge is 0.467 e. The number of fused-ring (bicyclic) bond motifs is 1. The Bertz CT molecular complexity index is 573. The number of nitrogens with zero attached hydrogens (tertiary/aromatic N) is 2. The van der Waals surface area contributed by atoms with Gasteiger partial charge in [0, 0.05) is 18.4 Å². The summed E-state index contributed by atoms with van der Waals surface area (Å²) in [6.45, 7) is 4.38. The lowest BCUT2D eigenvalue weighted by Crippen LogP contribution is -2.23. The molecule has 6 nitrogen and oxygen atoms in total. The van der Waals surface area contributed by atoms with Crippen LogP contribution in [0.2, 0.25) is 0 Å². The molecule has 1 atom stereocenters. The van der Waals surface area contributed by atoms with Gasteiger partial charge in [0.1, 0.15) is 5.52 Å². The third-order valence-electron chi connectivity index (χ3n) is 3.41. The fraction of sp³-hybridized carbons (Fsp3) is 0.538. The highest BCUT2D eigenvalue weighted by Crippen LogP contribution is 2.26. The molecule has 0 spiro atoms. The molecule has 1 fully saturated rings. The van der Waals surface area contributed by atoms with Gasteiger partial charge in [-0.15, -0.1) is 0 Å². The van der Waals surface area contributed by atoms with E-state index in [1.165, 1.54) is 0 Å². The van der Waals surface area contributed by atoms with E-state index in [0.29, 0.717) is 12.6 Å². The van der Waals surface area contributed by atoms with E-state index in [1.54, 1.807) is 7.11 Å². The summed E-state index contributed by atoms with van der Waals surface area (Å²) in [5.41, 5.74) is 3.87. The normalized spacial score (nSPS) is 20.4. The summed E-state index contributed by atoms with van der Waals surface area (Å²) >= 11 is 0. The number of rotatable bonds is 2. The molecule has 1 aliphatic heterocycles. The molecule has 0 amide bonds. The van der Waals surface area contributed by atoms with Crippen LogP contribution in [0.1, 0.15) is 23.7 Å². The van der Waals surface area contributed by atoms with Crippen LogP contribution < -0.4 is 10.1 Å². The van der Waals surface area contributed by atoms with Crippen LogP contribution in [-0.4, -0.2) is 41.8 Å². The number of hydrogen-bond donors (Lipinski definition) is 2. The van der Waals surface area contributed by atoms with Crippen LogP contribution in [0.25, 0.3) is 11.0 Å². The van der Waals surface area contributed by atoms with E-state index < -0.39 is 0 Å². The van der Waals surface area contributed by atoms with Crippen LogP contribution in [0.5, 0.6) is 6.01 Å². The monoisotopic (exact) mass is 262 g/mol. The lowest BCUT2D eigenvalue weighted by Gasteiger charge is -2.14. The van der Waals surface area contributed by atoms with Crippen LogP contribution in [0, 0.1) is 6.92 Å². The van der Waals surface area contributed by atoms with Gasteiger partial charge >= 0.3 is 6.01 Å². The fourth-order valence-electron chi connectivity index (χ4n) is 2.41. The second kappa shape index (κ2) is 5.14. The molecule has 1 aliphatic rings. The summed E-state index contributed by atoms with van der Waals surface area (Å²) in [5.74, 6) is 0. The molecular weight excluding hydrogens is 244 g/mol. The standard InChI is InChI=1S/C13H18N4O2/c1-8-11-12(17-13(16-8)18-2)9(6-15-11)10-7-19-5-3-4-14-10/h6,10,14-15H,3-5,7H2,1-2H3. The smallest absolute Gasteiger partial charge is 0.317 e. The van der Waals surface area contributed by atoms with Crippen molar-refractivity contribution in [3.05, 3.63) is 17.5 Å². The third kappa shape index (κ3) is 2.29. The van der Waals surface area contributed by atoms with Crippen molar-refractivity contribution in [2.24, 2.45) is 0 Å². The van der Waals surface area contributed by atoms with Gasteiger partial charge in [-0.3, -0.25) is 0 Å². The number of aromatic amines is 1. The highest BCUT2D eigenvalue weighted by Gasteiger charge is 2.20. The minimum absolute atomic E-state index is 0.162. The van der Waals surface area contributed by atoms with Gasteiger partial charge in [-0.1, -0.05) is 0 Å². The summed E-state index contributed by atoms with van der Waals surface area (Å²) in [5, 5.41) is 3.49. The van der Waals surface area contributed by atoms with E-state index in [-0.39, 0.29) is 6.04 Å². The molecule has 2 N–H and O–H groups in total. The van der Waals surface area contributed by atoms with Crippen molar-refractivity contribution in [1.82, 2.24) is 20.3 Å². The molecule has 3 rings (SSSR count). The van der Waals surface area contributed by atoms with Gasteiger partial charge in [-0.2, -0.15) is 9.97 Å². The molecule has 0 radical (unpaired) electrons. The van der Waals surface area contributed by atoms with Crippen molar-refractivity contribution in [3.63, 3.8) is 0 Å². The first-order chi connectivity index (χ1) is 9.29. The maximum absolute atomic E-state index is 5.62. The van der Waals surface area contributed by atoms with Crippen molar-refractivity contribution >= 4 is 11.0 Å². The van der Waals surface area contributed by atoms with Crippen molar-refractivity contribution in [2.45, 2.75) is 19.4 Å². The van der Waals surface area contributed by atoms with Crippen LogP contribution >= 0.6 is 0 Å². The first kappa shape index (κ1) is 12.4. The molecule has 102 valence electrons. The van der Waals surface area contributed by atoms with Crippen molar-refractivity contribution in [3.8, 4) is 6.01 Å². The first-order valence-electron chi connectivity index (χ1n) is 6.50. The van der Waals surface area contributed by atoms with Crippen LogP contribution in [0.4, 0.5) is 0 Å². The Balaban J connectivity index is 2.05. The van der Waals surface area contributed by atoms with E-state index >= 15 is 0 Å². The van der Waals surface area contributed by atoms with Gasteiger partial charge in [0.25, 0.3) is 0 Å². The van der Waals surface area contributed by atoms with E-state index in [2.05, 4.69) is 20.3 Å². The van der Waals surface area contributed by atoms with Gasteiger partial charge in [0.05, 0.1) is 31.0 Å². The SMILES string of the molecule is COc1nc(C)c2[nH]cc(C3COCCCN3)c2n1. The molecule has 2 aromatic rings. The summed E-state index contributed by atoms with van der Waals surface area (Å²) in [6.07, 6.45) is 3.02. The number of nitrogens with one attached hydrogen (secondary N) is 2. The lowest BCUT2D eigenvalue weighted by molar-refractivity contribution is 0.132. The van der Waals surface area contributed by atoms with Gasteiger partial charge in [0.15, 0.2) is 0 Å². The Morgan fingerprint density at radius 1 is 1.42 bits per heavy atom. The Morgan fingerprint density at radius 3 is 3.16 bits per heavy atom. The number of H-pyrrole nitrogens is 1. The Labute approximate surface area is 111 Å². The Hall–Kier alpha value is -1.66. The van der Waals surface area contributed by atoms with Crippen LogP contribution in [-0.2, 0) is 4.74 Å². The van der Waals surface area contributed by atoms with Crippen molar-refractivity contribution < 1.29 is 9.47 Å². The number of hydrogen-bond acceptors (Lipinski definition) is 5. The van der Waals surface area contributed by atoms with Gasteiger partial charge in [0.2, 0.25) is 0 Å². The topological polar surface area (TPSA) is 72.1 Å². The Morgan fingerprint density at radius 2 is 2.32 bits per heavy atom. The second-order valence-electron chi connectivity index (χ2n) is 4.70. The summed E-state index contributed by atoms with van der Waals surface area (Å²) in [4.78, 5) is 12.0. The van der Waals surface area contributed by atoms with Gasteiger partial charge < -0.3 is 19.8 Å². The summed E-state index contributed by atoms with van der Waals surface area (Å²) in [6, 6.07) is 0.565. The zero-order valence-corrected chi connectivity index (χ0v) is 11.2. The highest BCUT2D eigenvalue weighted by molar-refractivity contribution is 5.81. The molecule has 1 unspecified atom stereocenters. The minimum atomic E-state index is 0.162. The number of aromatic nitrogens is 3. The van der Waals surface area contributed by atoms with Crippen molar-refractivity contribution in [1.29, 1.82) is 0 Å². The summed E-state index contributed by atoms with van der Waals surface area (Å²) in [7, 11) is 1.58. The second-order valence-corrected chi connectivity index (χ2v) is 4.70. The molecule has 3 heterocycles. The van der Waals surface area contributed by atoms with Crippen molar-refractivity contribution in [2.75, 3.05) is 26.9 Å². The van der Waals surface area contributed by atoms with Gasteiger partial charge in [-0.25, -0.2) is 0 Å². The Kier molecular flexibility index (Phi) is 3.35. The summed E-state index contributed by atoms with van der Waals surface area (Å²) < 4.78 is 10.8. The van der Waals surface area contributed by atoms with E-state index in [1.807, 2.05) is 13.1 Å². The first-order valence-corrected chi connectivity index (χ1v) is 6.50. The zero-order valence-electron chi connectivity index (χ0n) is 11.2. The molecule has 1 saturated heterocycles. The predicted octanol–water partition coefficient (Wildman–Crippen LogP) is 1.33. The molecule has 0 aliphatic carbocycles. The maximum atomic E-state index is 5.62. The fourth-order valence-corrected chi connectivity index (χ4v) is 2.41. The van der Waals surface area contributed by atoms with E-state index in [9.17, 15) is 0 Å². The average Bonchev–Trinajstić information content (AvgIpc) is 2.67. The third-order valence-corrected chi connectivity index (χ3v) is 3.41. The maximum Gasteiger partial charge on any atom is 0.317 e. The number of methoxy groups -OCH3 is 1. The van der Waals surface area contributed by atoms with Crippen LogP contribution in [0.15, 0.2) is 6.20 Å². The molecular formula is C13H18N4O2. The molecule has 0 saturated carbocycles. The molecule has 6 heteroatoms.